The van der Waals surface area contributed by atoms with Crippen LogP contribution in [0.5, 0.6) is 0 Å². The Morgan fingerprint density at radius 3 is 1.86 bits per heavy atom. The van der Waals surface area contributed by atoms with Crippen molar-refractivity contribution in [2.75, 3.05) is 0 Å². The van der Waals surface area contributed by atoms with Gasteiger partial charge >= 0.3 is 0 Å². The molecule has 4 nitrogen and oxygen atoms in total. The van der Waals surface area contributed by atoms with E-state index < -0.39 is 0 Å². The third-order valence-corrected chi connectivity index (χ3v) is 8.38. The minimum absolute atomic E-state index is 0.722. The smallest absolute Gasteiger partial charge is 0.160 e. The van der Waals surface area contributed by atoms with Crippen LogP contribution >= 0.6 is 0 Å². The average molecular weight is 549 g/mol. The molecule has 0 aliphatic heterocycles. The first kappa shape index (κ1) is 23.8. The second kappa shape index (κ2) is 9.33. The summed E-state index contributed by atoms with van der Waals surface area (Å²) in [4.78, 5) is 15.1. The first-order valence-corrected chi connectivity index (χ1v) is 14.5. The van der Waals surface area contributed by atoms with E-state index in [0.717, 1.165) is 66.7 Å². The van der Waals surface area contributed by atoms with Gasteiger partial charge in [-0.2, -0.15) is 0 Å². The van der Waals surface area contributed by atoms with Crippen molar-refractivity contribution in [2.45, 2.75) is 0 Å². The van der Waals surface area contributed by atoms with Crippen molar-refractivity contribution in [3.63, 3.8) is 0 Å². The van der Waals surface area contributed by atoms with Crippen LogP contribution in [-0.2, 0) is 0 Å². The summed E-state index contributed by atoms with van der Waals surface area (Å²) in [6.07, 6.45) is 0. The third kappa shape index (κ3) is 3.74. The molecule has 0 amide bonds. The van der Waals surface area contributed by atoms with E-state index in [1.807, 2.05) is 36.4 Å². The highest BCUT2D eigenvalue weighted by Crippen LogP contribution is 2.35. The van der Waals surface area contributed by atoms with Gasteiger partial charge in [0.2, 0.25) is 0 Å². The average Bonchev–Trinajstić information content (AvgIpc) is 3.48. The summed E-state index contributed by atoms with van der Waals surface area (Å²) in [5.74, 6) is 0.722. The van der Waals surface area contributed by atoms with Crippen molar-refractivity contribution in [1.29, 1.82) is 0 Å². The minimum atomic E-state index is 0.722. The summed E-state index contributed by atoms with van der Waals surface area (Å²) in [5.41, 5.74) is 10.5. The number of hydrogen-bond donors (Lipinski definition) is 0. The van der Waals surface area contributed by atoms with Gasteiger partial charge in [0.25, 0.3) is 0 Å². The maximum absolute atomic E-state index is 5.09. The van der Waals surface area contributed by atoms with Gasteiger partial charge in [-0.25, -0.2) is 15.0 Å². The molecule has 4 heteroatoms. The molecular formula is C39H24N4. The highest BCUT2D eigenvalue weighted by molar-refractivity contribution is 6.14. The van der Waals surface area contributed by atoms with E-state index in [0.29, 0.717) is 0 Å². The number of para-hydroxylation sites is 4. The molecule has 43 heavy (non-hydrogen) atoms. The predicted octanol–water partition coefficient (Wildman–Crippen LogP) is 9.74. The number of hydrogen-bond acceptors (Lipinski definition) is 3. The quantitative estimate of drug-likeness (QED) is 0.206. The lowest BCUT2D eigenvalue weighted by Gasteiger charge is -2.12. The molecule has 0 aliphatic carbocycles. The van der Waals surface area contributed by atoms with E-state index in [1.54, 1.807) is 0 Å². The fourth-order valence-corrected chi connectivity index (χ4v) is 6.32. The van der Waals surface area contributed by atoms with Gasteiger partial charge in [-0.3, -0.25) is 4.40 Å². The molecule has 3 aromatic heterocycles. The molecule has 0 spiro atoms. The van der Waals surface area contributed by atoms with Crippen LogP contribution < -0.4 is 0 Å². The maximum atomic E-state index is 5.09. The Balaban J connectivity index is 1.19. The Bertz CT molecular complexity index is 2490. The molecule has 0 atom stereocenters. The van der Waals surface area contributed by atoms with Crippen molar-refractivity contribution >= 4 is 49.3 Å². The fraction of sp³-hybridized carbons (Fsp3) is 0. The number of pyridine rings is 1. The molecule has 9 rings (SSSR count). The monoisotopic (exact) mass is 548 g/mol. The molecule has 0 bridgehead atoms. The van der Waals surface area contributed by atoms with E-state index in [-0.39, 0.29) is 0 Å². The zero-order valence-electron chi connectivity index (χ0n) is 23.1. The zero-order chi connectivity index (χ0) is 28.3. The first-order valence-electron chi connectivity index (χ1n) is 14.5. The van der Waals surface area contributed by atoms with Crippen LogP contribution in [0.3, 0.4) is 0 Å². The maximum Gasteiger partial charge on any atom is 0.160 e. The molecule has 0 radical (unpaired) electrons. The lowest BCUT2D eigenvalue weighted by molar-refractivity contribution is 1.23. The van der Waals surface area contributed by atoms with Gasteiger partial charge in [0, 0.05) is 27.3 Å². The predicted molar refractivity (Wildman–Crippen MR) is 177 cm³/mol. The van der Waals surface area contributed by atoms with Crippen LogP contribution in [0.2, 0.25) is 0 Å². The molecule has 0 saturated carbocycles. The summed E-state index contributed by atoms with van der Waals surface area (Å²) in [7, 11) is 0. The summed E-state index contributed by atoms with van der Waals surface area (Å²) in [6, 6.07) is 50.8. The number of rotatable bonds is 3. The highest BCUT2D eigenvalue weighted by Gasteiger charge is 2.15. The third-order valence-electron chi connectivity index (χ3n) is 8.38. The summed E-state index contributed by atoms with van der Waals surface area (Å²) in [6.45, 7) is 0. The molecule has 0 N–H and O–H groups in total. The van der Waals surface area contributed by atoms with Gasteiger partial charge in [0.15, 0.2) is 5.82 Å². The van der Waals surface area contributed by atoms with Gasteiger partial charge in [-0.1, -0.05) is 115 Å². The van der Waals surface area contributed by atoms with Crippen LogP contribution in [0.15, 0.2) is 146 Å². The molecule has 0 unspecified atom stereocenters. The molecule has 0 aliphatic rings. The summed E-state index contributed by atoms with van der Waals surface area (Å²) in [5, 5.41) is 4.62. The minimum Gasteiger partial charge on any atom is -0.292 e. The van der Waals surface area contributed by atoms with Gasteiger partial charge in [-0.05, 0) is 46.8 Å². The van der Waals surface area contributed by atoms with Crippen molar-refractivity contribution in [3.05, 3.63) is 146 Å². The van der Waals surface area contributed by atoms with E-state index in [4.69, 9.17) is 15.0 Å². The van der Waals surface area contributed by atoms with Crippen LogP contribution in [0, 0.1) is 0 Å². The standard InChI is InChI=1S/C39H24N4/c1-2-10-26(11-3-1)37-31-13-4-6-14-33(31)40-38(42-37)27-20-18-25(19-21-27)28-22-23-29-30-12-5-8-16-35(30)43-36-17-9-7-15-34(36)41-39(43)32(29)24-28/h1-24H. The first-order chi connectivity index (χ1) is 21.3. The number of imidazole rings is 1. The lowest BCUT2D eigenvalue weighted by atomic mass is 9.98. The van der Waals surface area contributed by atoms with Gasteiger partial charge in [0.05, 0.1) is 27.8 Å². The number of benzene rings is 6. The van der Waals surface area contributed by atoms with Gasteiger partial charge < -0.3 is 0 Å². The van der Waals surface area contributed by atoms with Crippen LogP contribution in [0.1, 0.15) is 0 Å². The zero-order valence-corrected chi connectivity index (χ0v) is 23.1. The Morgan fingerprint density at radius 2 is 1.02 bits per heavy atom. The van der Waals surface area contributed by atoms with Gasteiger partial charge in [-0.15, -0.1) is 0 Å². The van der Waals surface area contributed by atoms with E-state index in [2.05, 4.69) is 114 Å². The Morgan fingerprint density at radius 1 is 0.372 bits per heavy atom. The lowest BCUT2D eigenvalue weighted by Crippen LogP contribution is -1.95. The molecule has 9 aromatic rings. The van der Waals surface area contributed by atoms with Crippen LogP contribution in [-0.4, -0.2) is 19.4 Å². The molecule has 0 saturated heterocycles. The normalized spacial score (nSPS) is 11.7. The molecular weight excluding hydrogens is 524 g/mol. The van der Waals surface area contributed by atoms with E-state index in [9.17, 15) is 0 Å². The molecule has 0 fully saturated rings. The van der Waals surface area contributed by atoms with Gasteiger partial charge in [0.1, 0.15) is 5.65 Å². The topological polar surface area (TPSA) is 43.1 Å². The number of nitrogens with zero attached hydrogens (tertiary/aromatic N) is 4. The van der Waals surface area contributed by atoms with Crippen molar-refractivity contribution < 1.29 is 0 Å². The second-order valence-electron chi connectivity index (χ2n) is 10.9. The Hall–Kier alpha value is -5.87. The second-order valence-corrected chi connectivity index (χ2v) is 10.9. The highest BCUT2D eigenvalue weighted by atomic mass is 15.0. The van der Waals surface area contributed by atoms with Crippen molar-refractivity contribution in [2.24, 2.45) is 0 Å². The van der Waals surface area contributed by atoms with Crippen LogP contribution in [0.25, 0.3) is 83.0 Å². The largest absolute Gasteiger partial charge is 0.292 e. The number of aromatic nitrogens is 4. The SMILES string of the molecule is c1ccc(-c2nc(-c3ccc(-c4ccc5c6ccccc6n6c7ccccc7nc6c5c4)cc3)nc3ccccc23)cc1. The van der Waals surface area contributed by atoms with Crippen molar-refractivity contribution in [1.82, 2.24) is 19.4 Å². The Labute approximate surface area is 247 Å². The number of fused-ring (bicyclic) bond motifs is 9. The van der Waals surface area contributed by atoms with E-state index in [1.165, 1.54) is 16.3 Å². The molecule has 6 aromatic carbocycles. The fourth-order valence-electron chi connectivity index (χ4n) is 6.32. The van der Waals surface area contributed by atoms with Crippen LogP contribution in [0.4, 0.5) is 0 Å². The van der Waals surface area contributed by atoms with Crippen molar-refractivity contribution in [3.8, 4) is 33.8 Å². The summed E-state index contributed by atoms with van der Waals surface area (Å²) < 4.78 is 2.29. The molecule has 200 valence electrons. The summed E-state index contributed by atoms with van der Waals surface area (Å²) >= 11 is 0. The Kier molecular flexibility index (Phi) is 5.16. The van der Waals surface area contributed by atoms with E-state index >= 15 is 0 Å². The molecule has 3 heterocycles.